The summed E-state index contributed by atoms with van der Waals surface area (Å²) in [6.07, 6.45) is -1.37. The van der Waals surface area contributed by atoms with Gasteiger partial charge in [0.25, 0.3) is 5.91 Å². The number of amides is 1. The number of halogens is 2. The number of fused-ring (bicyclic) bond motifs is 1. The Morgan fingerprint density at radius 2 is 1.65 bits per heavy atom. The number of para-hydroxylation sites is 1. The lowest BCUT2D eigenvalue weighted by atomic mass is 10.1. The van der Waals surface area contributed by atoms with Crippen LogP contribution in [0.5, 0.6) is 5.75 Å². The largest absolute Gasteiger partial charge is 0.493 e. The zero-order chi connectivity index (χ0) is 24.2. The van der Waals surface area contributed by atoms with Gasteiger partial charge in [-0.05, 0) is 30.3 Å². The summed E-state index contributed by atoms with van der Waals surface area (Å²) in [7, 11) is 1.44. The quantitative estimate of drug-likeness (QED) is 0.273. The number of carbonyl (C=O) groups is 2. The van der Waals surface area contributed by atoms with Gasteiger partial charge in [0.1, 0.15) is 5.56 Å². The van der Waals surface area contributed by atoms with Crippen LogP contribution in [-0.4, -0.2) is 19.0 Å². The second-order valence-electron chi connectivity index (χ2n) is 7.17. The van der Waals surface area contributed by atoms with Gasteiger partial charge in [0.05, 0.1) is 7.11 Å². The van der Waals surface area contributed by atoms with Gasteiger partial charge in [0.15, 0.2) is 11.3 Å². The second-order valence-corrected chi connectivity index (χ2v) is 8.04. The molecule has 4 rings (SSSR count). The number of ether oxygens (including phenoxy) is 2. The van der Waals surface area contributed by atoms with Gasteiger partial charge in [-0.2, -0.15) is 0 Å². The van der Waals surface area contributed by atoms with Crippen LogP contribution in [0.25, 0.3) is 11.0 Å². The van der Waals surface area contributed by atoms with Crippen LogP contribution in [0, 0.1) is 0 Å². The summed E-state index contributed by atoms with van der Waals surface area (Å²) in [6.45, 7) is 0. The smallest absolute Gasteiger partial charge is 0.351 e. The first-order valence-corrected chi connectivity index (χ1v) is 10.7. The molecule has 0 radical (unpaired) electrons. The average Bonchev–Trinajstić information content (AvgIpc) is 2.81. The third-order valence-electron chi connectivity index (χ3n) is 4.86. The molecule has 1 atom stereocenters. The van der Waals surface area contributed by atoms with E-state index in [4.69, 9.17) is 37.1 Å². The van der Waals surface area contributed by atoms with Crippen molar-refractivity contribution in [3.63, 3.8) is 0 Å². The molecule has 0 fully saturated rings. The lowest BCUT2D eigenvalue weighted by molar-refractivity contribution is -0.125. The normalized spacial score (nSPS) is 11.6. The van der Waals surface area contributed by atoms with Crippen molar-refractivity contribution in [3.05, 3.63) is 104 Å². The van der Waals surface area contributed by atoms with Crippen LogP contribution in [0.4, 0.5) is 5.69 Å². The zero-order valence-electron chi connectivity index (χ0n) is 17.7. The van der Waals surface area contributed by atoms with Crippen LogP contribution in [0.15, 0.2) is 82.0 Å². The van der Waals surface area contributed by atoms with E-state index in [1.807, 2.05) is 0 Å². The predicted octanol–water partition coefficient (Wildman–Crippen LogP) is 5.65. The van der Waals surface area contributed by atoms with Crippen LogP contribution >= 0.6 is 23.2 Å². The van der Waals surface area contributed by atoms with Crippen molar-refractivity contribution < 1.29 is 23.5 Å². The number of carbonyl (C=O) groups excluding carboxylic acids is 2. The number of rotatable bonds is 6. The zero-order valence-corrected chi connectivity index (χ0v) is 19.2. The van der Waals surface area contributed by atoms with E-state index in [1.54, 1.807) is 48.5 Å². The maximum atomic E-state index is 13.1. The number of benzene rings is 3. The fourth-order valence-corrected chi connectivity index (χ4v) is 3.85. The fraction of sp³-hybridized carbons (Fsp3) is 0.0800. The van der Waals surface area contributed by atoms with Crippen molar-refractivity contribution in [2.45, 2.75) is 6.10 Å². The molecule has 0 saturated heterocycles. The number of hydrogen-bond acceptors (Lipinski definition) is 6. The monoisotopic (exact) mass is 497 g/mol. The van der Waals surface area contributed by atoms with Gasteiger partial charge in [-0.15, -0.1) is 0 Å². The molecule has 1 heterocycles. The minimum absolute atomic E-state index is 0.196. The first-order chi connectivity index (χ1) is 16.4. The summed E-state index contributed by atoms with van der Waals surface area (Å²) >= 11 is 12.0. The number of nitrogens with one attached hydrogen (secondary N) is 1. The molecule has 172 valence electrons. The molecule has 1 amide bonds. The molecule has 1 unspecified atom stereocenters. The van der Waals surface area contributed by atoms with E-state index < -0.39 is 23.6 Å². The topological polar surface area (TPSA) is 94.8 Å². The Morgan fingerprint density at radius 1 is 0.941 bits per heavy atom. The standard InChI is InChI=1S/C25H17Cl2NO6/c1-32-20-9-5-8-15-10-19(24(30)33-21(15)20)25(31)34-22(14-6-3-2-4-7-14)23(29)28-18-12-16(26)11-17(27)13-18/h2-13,22H,1H3,(H,28,29). The lowest BCUT2D eigenvalue weighted by Gasteiger charge is -2.18. The van der Waals surface area contributed by atoms with Gasteiger partial charge in [0, 0.05) is 26.7 Å². The van der Waals surface area contributed by atoms with E-state index in [0.717, 1.165) is 0 Å². The van der Waals surface area contributed by atoms with Crippen molar-refractivity contribution in [3.8, 4) is 5.75 Å². The van der Waals surface area contributed by atoms with Crippen LogP contribution in [0.3, 0.4) is 0 Å². The van der Waals surface area contributed by atoms with Crippen LogP contribution < -0.4 is 15.7 Å². The van der Waals surface area contributed by atoms with Crippen molar-refractivity contribution in [1.29, 1.82) is 0 Å². The molecule has 4 aromatic rings. The minimum atomic E-state index is -1.37. The van der Waals surface area contributed by atoms with Gasteiger partial charge in [-0.25, -0.2) is 9.59 Å². The maximum Gasteiger partial charge on any atom is 0.351 e. The van der Waals surface area contributed by atoms with Gasteiger partial charge in [0.2, 0.25) is 6.10 Å². The minimum Gasteiger partial charge on any atom is -0.493 e. The molecule has 3 aromatic carbocycles. The number of esters is 1. The van der Waals surface area contributed by atoms with Crippen molar-refractivity contribution in [1.82, 2.24) is 0 Å². The van der Waals surface area contributed by atoms with Crippen LogP contribution in [0.2, 0.25) is 10.0 Å². The summed E-state index contributed by atoms with van der Waals surface area (Å²) in [5.74, 6) is -1.34. The molecular formula is C25H17Cl2NO6. The van der Waals surface area contributed by atoms with E-state index in [1.165, 1.54) is 31.4 Å². The SMILES string of the molecule is COc1cccc2cc(C(=O)OC(C(=O)Nc3cc(Cl)cc(Cl)c3)c3ccccc3)c(=O)oc12. The number of hydrogen-bond donors (Lipinski definition) is 1. The summed E-state index contributed by atoms with van der Waals surface area (Å²) in [6, 6.07) is 19.2. The number of anilines is 1. The average molecular weight is 498 g/mol. The van der Waals surface area contributed by atoms with E-state index >= 15 is 0 Å². The van der Waals surface area contributed by atoms with Gasteiger partial charge < -0.3 is 19.2 Å². The Kier molecular flexibility index (Phi) is 6.86. The molecule has 1 aromatic heterocycles. The van der Waals surface area contributed by atoms with E-state index in [2.05, 4.69) is 5.32 Å². The molecule has 7 nitrogen and oxygen atoms in total. The summed E-state index contributed by atoms with van der Waals surface area (Å²) in [5.41, 5.74) is -0.372. The van der Waals surface area contributed by atoms with Crippen LogP contribution in [0.1, 0.15) is 22.0 Å². The third kappa shape index (κ3) is 5.06. The van der Waals surface area contributed by atoms with Gasteiger partial charge in [-0.1, -0.05) is 65.7 Å². The Bertz CT molecular complexity index is 1410. The molecule has 0 spiro atoms. The summed E-state index contributed by atoms with van der Waals surface area (Å²) < 4.78 is 16.0. The Morgan fingerprint density at radius 3 is 2.32 bits per heavy atom. The summed E-state index contributed by atoms with van der Waals surface area (Å²) in [4.78, 5) is 38.6. The molecule has 34 heavy (non-hydrogen) atoms. The highest BCUT2D eigenvalue weighted by molar-refractivity contribution is 6.35. The molecule has 0 aliphatic heterocycles. The predicted molar refractivity (Wildman–Crippen MR) is 129 cm³/mol. The first-order valence-electron chi connectivity index (χ1n) is 9.99. The molecule has 0 saturated carbocycles. The Balaban J connectivity index is 1.67. The summed E-state index contributed by atoms with van der Waals surface area (Å²) in [5, 5.41) is 3.73. The van der Waals surface area contributed by atoms with Gasteiger partial charge in [-0.3, -0.25) is 4.79 Å². The highest BCUT2D eigenvalue weighted by atomic mass is 35.5. The Labute approximate surface area is 203 Å². The molecule has 0 aliphatic rings. The molecule has 9 heteroatoms. The van der Waals surface area contributed by atoms with Crippen molar-refractivity contribution in [2.24, 2.45) is 0 Å². The second kappa shape index (κ2) is 9.99. The molecule has 1 N–H and O–H groups in total. The molecule has 0 bridgehead atoms. The van der Waals surface area contributed by atoms with E-state index in [9.17, 15) is 14.4 Å². The van der Waals surface area contributed by atoms with E-state index in [0.29, 0.717) is 32.4 Å². The van der Waals surface area contributed by atoms with E-state index in [-0.39, 0.29) is 11.1 Å². The fourth-order valence-electron chi connectivity index (χ4n) is 3.33. The molecule has 0 aliphatic carbocycles. The van der Waals surface area contributed by atoms with Crippen molar-refractivity contribution in [2.75, 3.05) is 12.4 Å². The Hall–Kier alpha value is -3.81. The third-order valence-corrected chi connectivity index (χ3v) is 5.30. The highest BCUT2D eigenvalue weighted by Crippen LogP contribution is 2.27. The van der Waals surface area contributed by atoms with Gasteiger partial charge >= 0.3 is 11.6 Å². The van der Waals surface area contributed by atoms with Crippen LogP contribution in [-0.2, 0) is 9.53 Å². The molecular weight excluding hydrogens is 481 g/mol. The first kappa shape index (κ1) is 23.4. The van der Waals surface area contributed by atoms with Crippen molar-refractivity contribution >= 4 is 51.7 Å². The lowest BCUT2D eigenvalue weighted by Crippen LogP contribution is -2.27. The highest BCUT2D eigenvalue weighted by Gasteiger charge is 2.28. The maximum absolute atomic E-state index is 13.1. The number of methoxy groups -OCH3 is 1.